The van der Waals surface area contributed by atoms with Gasteiger partial charge in [-0.25, -0.2) is 0 Å². The first-order valence-corrected chi connectivity index (χ1v) is 6.33. The Labute approximate surface area is 112 Å². The summed E-state index contributed by atoms with van der Waals surface area (Å²) in [5, 5.41) is 3.38. The highest BCUT2D eigenvalue weighted by Gasteiger charge is 2.12. The van der Waals surface area contributed by atoms with Gasteiger partial charge in [0.25, 0.3) is 0 Å². The van der Waals surface area contributed by atoms with Crippen LogP contribution in [0.15, 0.2) is 36.4 Å². The Kier molecular flexibility index (Phi) is 3.33. The third kappa shape index (κ3) is 2.85. The topological polar surface area (TPSA) is 43.4 Å². The van der Waals surface area contributed by atoms with Crippen molar-refractivity contribution in [3.8, 4) is 11.5 Å². The number of nitrogens with zero attached hydrogens (tertiary/aromatic N) is 1. The van der Waals surface area contributed by atoms with E-state index >= 15 is 0 Å². The second-order valence-electron chi connectivity index (χ2n) is 4.56. The molecule has 0 unspecified atom stereocenters. The third-order valence-corrected chi connectivity index (χ3v) is 3.02. The van der Waals surface area contributed by atoms with E-state index in [1.165, 1.54) is 5.56 Å². The molecule has 0 amide bonds. The highest BCUT2D eigenvalue weighted by molar-refractivity contribution is 5.44. The van der Waals surface area contributed by atoms with Gasteiger partial charge in [0.1, 0.15) is 0 Å². The van der Waals surface area contributed by atoms with Crippen LogP contribution in [-0.2, 0) is 13.1 Å². The Morgan fingerprint density at radius 2 is 2.00 bits per heavy atom. The number of hydrogen-bond donors (Lipinski definition) is 1. The minimum absolute atomic E-state index is 0.319. The van der Waals surface area contributed by atoms with E-state index in [9.17, 15) is 0 Å². The summed E-state index contributed by atoms with van der Waals surface area (Å²) >= 11 is 0. The molecule has 19 heavy (non-hydrogen) atoms. The summed E-state index contributed by atoms with van der Waals surface area (Å²) in [5.74, 6) is 1.65. The fourth-order valence-electron chi connectivity index (χ4n) is 2.08. The molecule has 0 fully saturated rings. The maximum absolute atomic E-state index is 5.36. The lowest BCUT2D eigenvalue weighted by molar-refractivity contribution is 0.174. The molecule has 0 saturated heterocycles. The number of ether oxygens (including phenoxy) is 2. The number of fused-ring (bicyclic) bond motifs is 1. The van der Waals surface area contributed by atoms with Crippen molar-refractivity contribution in [3.05, 3.63) is 53.3 Å². The maximum Gasteiger partial charge on any atom is 0.231 e. The first-order chi connectivity index (χ1) is 9.31. The third-order valence-electron chi connectivity index (χ3n) is 3.02. The molecular formula is C15H16N2O2. The van der Waals surface area contributed by atoms with E-state index in [0.29, 0.717) is 6.79 Å². The van der Waals surface area contributed by atoms with Crippen LogP contribution in [0.2, 0.25) is 0 Å². The number of aromatic nitrogens is 1. The van der Waals surface area contributed by atoms with Crippen LogP contribution in [-0.4, -0.2) is 11.8 Å². The van der Waals surface area contributed by atoms with Gasteiger partial charge in [0.05, 0.1) is 5.69 Å². The van der Waals surface area contributed by atoms with Crippen LogP contribution in [0.5, 0.6) is 11.5 Å². The molecule has 1 N–H and O–H groups in total. The lowest BCUT2D eigenvalue weighted by Crippen LogP contribution is -2.13. The number of rotatable bonds is 4. The molecule has 3 rings (SSSR count). The van der Waals surface area contributed by atoms with Crippen LogP contribution in [0.4, 0.5) is 0 Å². The van der Waals surface area contributed by atoms with E-state index in [-0.39, 0.29) is 0 Å². The van der Waals surface area contributed by atoms with Crippen molar-refractivity contribution in [2.75, 3.05) is 6.79 Å². The van der Waals surface area contributed by atoms with Gasteiger partial charge < -0.3 is 14.8 Å². The molecule has 2 aromatic rings. The van der Waals surface area contributed by atoms with E-state index < -0.39 is 0 Å². The van der Waals surface area contributed by atoms with Crippen LogP contribution in [0.25, 0.3) is 0 Å². The van der Waals surface area contributed by atoms with Crippen molar-refractivity contribution < 1.29 is 9.47 Å². The quantitative estimate of drug-likeness (QED) is 0.912. The predicted octanol–water partition coefficient (Wildman–Crippen LogP) is 2.41. The summed E-state index contributed by atoms with van der Waals surface area (Å²) < 4.78 is 10.6. The van der Waals surface area contributed by atoms with Gasteiger partial charge in [-0.2, -0.15) is 0 Å². The monoisotopic (exact) mass is 256 g/mol. The molecule has 1 aromatic heterocycles. The molecular weight excluding hydrogens is 240 g/mol. The molecule has 1 aliphatic heterocycles. The van der Waals surface area contributed by atoms with Gasteiger partial charge in [0, 0.05) is 18.8 Å². The fourth-order valence-corrected chi connectivity index (χ4v) is 2.08. The van der Waals surface area contributed by atoms with Gasteiger partial charge in [0.2, 0.25) is 6.79 Å². The van der Waals surface area contributed by atoms with Crippen LogP contribution in [0.1, 0.15) is 17.0 Å². The molecule has 0 spiro atoms. The van der Waals surface area contributed by atoms with Crippen molar-refractivity contribution in [2.24, 2.45) is 0 Å². The zero-order chi connectivity index (χ0) is 13.1. The van der Waals surface area contributed by atoms with E-state index in [4.69, 9.17) is 9.47 Å². The summed E-state index contributed by atoms with van der Waals surface area (Å²) in [6.45, 7) is 3.86. The van der Waals surface area contributed by atoms with Gasteiger partial charge in [-0.05, 0) is 36.8 Å². The largest absolute Gasteiger partial charge is 0.454 e. The van der Waals surface area contributed by atoms with E-state index in [1.807, 2.05) is 43.3 Å². The number of pyridine rings is 1. The molecule has 98 valence electrons. The van der Waals surface area contributed by atoms with Gasteiger partial charge >= 0.3 is 0 Å². The van der Waals surface area contributed by atoms with Gasteiger partial charge in [-0.15, -0.1) is 0 Å². The zero-order valence-electron chi connectivity index (χ0n) is 10.8. The molecule has 1 aliphatic rings. The Balaban J connectivity index is 1.58. The van der Waals surface area contributed by atoms with Crippen LogP contribution >= 0.6 is 0 Å². The standard InChI is InChI=1S/C15H16N2O2/c1-11-3-2-4-13(17-11)9-16-8-12-5-6-14-15(7-12)19-10-18-14/h2-7,16H,8-10H2,1H3. The molecule has 0 saturated carbocycles. The lowest BCUT2D eigenvalue weighted by atomic mass is 10.2. The Morgan fingerprint density at radius 1 is 1.11 bits per heavy atom. The molecule has 4 heteroatoms. The predicted molar refractivity (Wildman–Crippen MR) is 72.1 cm³/mol. The van der Waals surface area contributed by atoms with Gasteiger partial charge in [-0.3, -0.25) is 4.98 Å². The molecule has 0 aliphatic carbocycles. The maximum atomic E-state index is 5.36. The van der Waals surface area contributed by atoms with Crippen molar-refractivity contribution in [2.45, 2.75) is 20.0 Å². The summed E-state index contributed by atoms with van der Waals surface area (Å²) in [6, 6.07) is 12.1. The Hall–Kier alpha value is -2.07. The normalized spacial score (nSPS) is 12.7. The summed E-state index contributed by atoms with van der Waals surface area (Å²) in [6.07, 6.45) is 0. The SMILES string of the molecule is Cc1cccc(CNCc2ccc3c(c2)OCO3)n1. The average Bonchev–Trinajstić information content (AvgIpc) is 2.86. The molecule has 1 aromatic carbocycles. The van der Waals surface area contributed by atoms with Crippen LogP contribution in [0, 0.1) is 6.92 Å². The first-order valence-electron chi connectivity index (χ1n) is 6.33. The van der Waals surface area contributed by atoms with E-state index in [2.05, 4.69) is 10.3 Å². The second kappa shape index (κ2) is 5.28. The van der Waals surface area contributed by atoms with Crippen LogP contribution < -0.4 is 14.8 Å². The van der Waals surface area contributed by atoms with Crippen molar-refractivity contribution in [1.82, 2.24) is 10.3 Å². The molecule has 0 atom stereocenters. The highest BCUT2D eigenvalue weighted by atomic mass is 16.7. The summed E-state index contributed by atoms with van der Waals surface area (Å²) in [4.78, 5) is 4.46. The van der Waals surface area contributed by atoms with E-state index in [1.54, 1.807) is 0 Å². The highest BCUT2D eigenvalue weighted by Crippen LogP contribution is 2.32. The van der Waals surface area contributed by atoms with Gasteiger partial charge in [0.15, 0.2) is 11.5 Å². The second-order valence-corrected chi connectivity index (χ2v) is 4.56. The summed E-state index contributed by atoms with van der Waals surface area (Å²) in [7, 11) is 0. The molecule has 0 bridgehead atoms. The number of aryl methyl sites for hydroxylation is 1. The smallest absolute Gasteiger partial charge is 0.231 e. The Bertz CT molecular complexity index is 584. The average molecular weight is 256 g/mol. The minimum atomic E-state index is 0.319. The molecule has 0 radical (unpaired) electrons. The minimum Gasteiger partial charge on any atom is -0.454 e. The first kappa shape index (κ1) is 12.0. The zero-order valence-corrected chi connectivity index (χ0v) is 10.8. The van der Waals surface area contributed by atoms with Crippen LogP contribution in [0.3, 0.4) is 0 Å². The number of benzene rings is 1. The van der Waals surface area contributed by atoms with E-state index in [0.717, 1.165) is 36.0 Å². The molecule has 4 nitrogen and oxygen atoms in total. The van der Waals surface area contributed by atoms with Crippen molar-refractivity contribution >= 4 is 0 Å². The van der Waals surface area contributed by atoms with Crippen molar-refractivity contribution in [3.63, 3.8) is 0 Å². The number of nitrogens with one attached hydrogen (secondary N) is 1. The summed E-state index contributed by atoms with van der Waals surface area (Å²) in [5.41, 5.74) is 3.28. The fraction of sp³-hybridized carbons (Fsp3) is 0.267. The molecule has 2 heterocycles. The Morgan fingerprint density at radius 3 is 2.89 bits per heavy atom. The van der Waals surface area contributed by atoms with Gasteiger partial charge in [-0.1, -0.05) is 12.1 Å². The van der Waals surface area contributed by atoms with Crippen molar-refractivity contribution in [1.29, 1.82) is 0 Å². The number of hydrogen-bond acceptors (Lipinski definition) is 4. The lowest BCUT2D eigenvalue weighted by Gasteiger charge is -2.06.